The molecule has 2 heterocycles. The molecule has 3 amide bonds. The molecule has 14 heteroatoms. The van der Waals surface area contributed by atoms with Gasteiger partial charge in [-0.25, -0.2) is 4.79 Å². The Bertz CT molecular complexity index is 1290. The Labute approximate surface area is 224 Å². The molecule has 0 radical (unpaired) electrons. The van der Waals surface area contributed by atoms with Gasteiger partial charge in [0.1, 0.15) is 18.8 Å². The number of piperazine rings is 1. The zero-order valence-corrected chi connectivity index (χ0v) is 20.7. The monoisotopic (exact) mass is 568 g/mol. The fourth-order valence-corrected chi connectivity index (χ4v) is 4.76. The molecular formula is C26H22F6N4O4. The van der Waals surface area contributed by atoms with Crippen molar-refractivity contribution < 1.29 is 45.5 Å². The second-order valence-corrected chi connectivity index (χ2v) is 9.28. The molecule has 2 aliphatic rings. The van der Waals surface area contributed by atoms with Crippen molar-refractivity contribution in [1.82, 2.24) is 14.7 Å². The smallest absolute Gasteiger partial charge is 0.416 e. The number of hydrogen-bond acceptors (Lipinski definition) is 5. The van der Waals surface area contributed by atoms with Crippen LogP contribution >= 0.6 is 0 Å². The first-order chi connectivity index (χ1) is 18.8. The third-order valence-corrected chi connectivity index (χ3v) is 6.60. The minimum absolute atomic E-state index is 0.0326. The molecule has 0 aromatic heterocycles. The van der Waals surface area contributed by atoms with Gasteiger partial charge >= 0.3 is 18.4 Å². The Hall–Kier alpha value is -4.28. The van der Waals surface area contributed by atoms with Gasteiger partial charge in [0.25, 0.3) is 0 Å². The Morgan fingerprint density at radius 3 is 2.17 bits per heavy atom. The zero-order chi connectivity index (χ0) is 29.2. The predicted molar refractivity (Wildman–Crippen MR) is 124 cm³/mol. The van der Waals surface area contributed by atoms with Gasteiger partial charge in [-0.15, -0.1) is 0 Å². The number of amides is 3. The minimum atomic E-state index is -5.07. The number of rotatable bonds is 5. The van der Waals surface area contributed by atoms with Gasteiger partial charge in [0.15, 0.2) is 0 Å². The number of carbonyl (C=O) groups excluding carboxylic acids is 3. The van der Waals surface area contributed by atoms with E-state index in [0.29, 0.717) is 12.1 Å². The maximum Gasteiger partial charge on any atom is 0.416 e. The summed E-state index contributed by atoms with van der Waals surface area (Å²) in [5.74, 6) is -0.969. The van der Waals surface area contributed by atoms with Crippen molar-refractivity contribution in [2.75, 3.05) is 13.1 Å². The Morgan fingerprint density at radius 2 is 1.60 bits per heavy atom. The Balaban J connectivity index is 1.57. The van der Waals surface area contributed by atoms with Crippen molar-refractivity contribution in [2.45, 2.75) is 50.6 Å². The van der Waals surface area contributed by atoms with E-state index in [9.17, 15) is 46.0 Å². The standard InChI is InChI=1S/C26H22F6N4O4/c27-25(28,29)18-10-17(11-19(12-18)26(30,31)32)15-40-24(39)35-9-7-22(37)36-20(6-8-33)23(38)34(14-21(35)36)13-16-4-2-1-3-5-16/h1-5,10-12,20-21H,6-7,9,13-15H2/t20-,21+/m0/s1. The van der Waals surface area contributed by atoms with Gasteiger partial charge in [0, 0.05) is 19.5 Å². The van der Waals surface area contributed by atoms with Crippen LogP contribution in [0, 0.1) is 11.3 Å². The molecule has 2 fully saturated rings. The second-order valence-electron chi connectivity index (χ2n) is 9.28. The Morgan fingerprint density at radius 1 is 0.975 bits per heavy atom. The van der Waals surface area contributed by atoms with E-state index in [0.717, 1.165) is 15.4 Å². The lowest BCUT2D eigenvalue weighted by atomic mass is 10.0. The largest absolute Gasteiger partial charge is 0.444 e. The lowest BCUT2D eigenvalue weighted by Gasteiger charge is -2.51. The molecule has 0 saturated carbocycles. The minimum Gasteiger partial charge on any atom is -0.444 e. The number of ether oxygens (including phenoxy) is 1. The molecule has 8 nitrogen and oxygen atoms in total. The predicted octanol–water partition coefficient (Wildman–Crippen LogP) is 4.55. The summed E-state index contributed by atoms with van der Waals surface area (Å²) in [5, 5.41) is 9.31. The van der Waals surface area contributed by atoms with Gasteiger partial charge in [-0.3, -0.25) is 14.5 Å². The highest BCUT2D eigenvalue weighted by Gasteiger charge is 2.49. The van der Waals surface area contributed by atoms with Crippen LogP contribution < -0.4 is 0 Å². The summed E-state index contributed by atoms with van der Waals surface area (Å²) in [6, 6.07) is 10.4. The van der Waals surface area contributed by atoms with Crippen LogP contribution in [0.2, 0.25) is 0 Å². The molecule has 2 atom stereocenters. The maximum atomic E-state index is 13.2. The molecule has 212 valence electrons. The quantitative estimate of drug-likeness (QED) is 0.494. The highest BCUT2D eigenvalue weighted by Crippen LogP contribution is 2.36. The third-order valence-electron chi connectivity index (χ3n) is 6.60. The van der Waals surface area contributed by atoms with E-state index >= 15 is 0 Å². The first kappa shape index (κ1) is 28.7. The second kappa shape index (κ2) is 11.1. The van der Waals surface area contributed by atoms with Crippen molar-refractivity contribution in [3.63, 3.8) is 0 Å². The van der Waals surface area contributed by atoms with Gasteiger partial charge in [-0.2, -0.15) is 31.6 Å². The fourth-order valence-electron chi connectivity index (χ4n) is 4.76. The van der Waals surface area contributed by atoms with Crippen molar-refractivity contribution in [3.8, 4) is 6.07 Å². The normalized spacial score (nSPS) is 19.8. The van der Waals surface area contributed by atoms with Gasteiger partial charge in [-0.05, 0) is 29.3 Å². The van der Waals surface area contributed by atoms with Crippen LogP contribution in [0.1, 0.15) is 35.1 Å². The molecule has 0 unspecified atom stereocenters. The number of carbonyl (C=O) groups is 3. The molecule has 2 aromatic rings. The molecule has 0 spiro atoms. The molecule has 4 rings (SSSR count). The maximum absolute atomic E-state index is 13.2. The van der Waals surface area contributed by atoms with Gasteiger partial charge in [-0.1, -0.05) is 30.3 Å². The molecule has 40 heavy (non-hydrogen) atoms. The molecule has 0 aliphatic carbocycles. The van der Waals surface area contributed by atoms with E-state index in [4.69, 9.17) is 4.74 Å². The average molecular weight is 568 g/mol. The van der Waals surface area contributed by atoms with Crippen LogP contribution in [-0.2, 0) is 39.8 Å². The molecule has 2 aromatic carbocycles. The van der Waals surface area contributed by atoms with E-state index in [1.165, 1.54) is 4.90 Å². The van der Waals surface area contributed by atoms with Crippen molar-refractivity contribution >= 4 is 17.9 Å². The fraction of sp³-hybridized carbons (Fsp3) is 0.385. The first-order valence-electron chi connectivity index (χ1n) is 12.0. The van der Waals surface area contributed by atoms with Crippen molar-refractivity contribution in [1.29, 1.82) is 5.26 Å². The number of fused-ring (bicyclic) bond motifs is 1. The summed E-state index contributed by atoms with van der Waals surface area (Å²) in [5.41, 5.74) is -2.89. The van der Waals surface area contributed by atoms with E-state index in [-0.39, 0.29) is 38.5 Å². The van der Waals surface area contributed by atoms with E-state index in [2.05, 4.69) is 0 Å². The number of alkyl halides is 6. The molecule has 0 N–H and O–H groups in total. The van der Waals surface area contributed by atoms with Gasteiger partial charge < -0.3 is 14.5 Å². The van der Waals surface area contributed by atoms with Gasteiger partial charge in [0.2, 0.25) is 11.8 Å². The van der Waals surface area contributed by atoms with Crippen LogP contribution in [0.3, 0.4) is 0 Å². The van der Waals surface area contributed by atoms with E-state index in [1.54, 1.807) is 30.3 Å². The number of nitriles is 1. The van der Waals surface area contributed by atoms with E-state index in [1.807, 2.05) is 6.07 Å². The lowest BCUT2D eigenvalue weighted by Crippen LogP contribution is -2.71. The van der Waals surface area contributed by atoms with Crippen molar-refractivity contribution in [3.05, 3.63) is 70.8 Å². The summed E-state index contributed by atoms with van der Waals surface area (Å²) in [6.45, 7) is -1.09. The summed E-state index contributed by atoms with van der Waals surface area (Å²) in [4.78, 5) is 42.7. The summed E-state index contributed by atoms with van der Waals surface area (Å²) in [7, 11) is 0. The molecular weight excluding hydrogens is 546 g/mol. The topological polar surface area (TPSA) is 94.0 Å². The number of nitrogens with zero attached hydrogens (tertiary/aromatic N) is 4. The van der Waals surface area contributed by atoms with Crippen LogP contribution in [0.5, 0.6) is 0 Å². The summed E-state index contributed by atoms with van der Waals surface area (Å²) < 4.78 is 84.3. The highest BCUT2D eigenvalue weighted by atomic mass is 19.4. The van der Waals surface area contributed by atoms with Gasteiger partial charge in [0.05, 0.1) is 30.2 Å². The van der Waals surface area contributed by atoms with Crippen LogP contribution in [0.15, 0.2) is 48.5 Å². The lowest BCUT2D eigenvalue weighted by molar-refractivity contribution is -0.168. The summed E-state index contributed by atoms with van der Waals surface area (Å²) >= 11 is 0. The zero-order valence-electron chi connectivity index (χ0n) is 20.7. The Kier molecular flexibility index (Phi) is 7.95. The first-order valence-corrected chi connectivity index (χ1v) is 12.0. The average Bonchev–Trinajstić information content (AvgIpc) is 2.89. The van der Waals surface area contributed by atoms with Crippen LogP contribution in [0.4, 0.5) is 31.1 Å². The number of halogens is 6. The van der Waals surface area contributed by atoms with Crippen LogP contribution in [0.25, 0.3) is 0 Å². The summed E-state index contributed by atoms with van der Waals surface area (Å²) in [6.07, 6.45) is -12.9. The molecule has 0 bridgehead atoms. The molecule has 2 aliphatic heterocycles. The third kappa shape index (κ3) is 6.13. The van der Waals surface area contributed by atoms with E-state index < -0.39 is 65.8 Å². The number of hydrogen-bond donors (Lipinski definition) is 0. The van der Waals surface area contributed by atoms with Crippen LogP contribution in [-0.4, -0.2) is 57.9 Å². The number of benzene rings is 2. The van der Waals surface area contributed by atoms with Crippen molar-refractivity contribution in [2.24, 2.45) is 0 Å². The molecule has 2 saturated heterocycles. The highest BCUT2D eigenvalue weighted by molar-refractivity contribution is 5.90. The SMILES string of the molecule is N#CC[C@H]1C(=O)N(Cc2ccccc2)C[C@@H]2N(C(=O)OCc3cc(C(F)(F)F)cc(C(F)(F)F)c3)CCC(=O)N21.